The van der Waals surface area contributed by atoms with E-state index in [0.717, 1.165) is 6.42 Å². The first kappa shape index (κ1) is 13.5. The number of sulfonamides is 1. The van der Waals surface area contributed by atoms with Crippen molar-refractivity contribution in [3.8, 4) is 0 Å². The highest BCUT2D eigenvalue weighted by Gasteiger charge is 2.33. The molecule has 0 aromatic heterocycles. The van der Waals surface area contributed by atoms with Gasteiger partial charge in [-0.2, -0.15) is 0 Å². The lowest BCUT2D eigenvalue weighted by atomic mass is 10.2. The number of thiocarbonyl (C=S) groups is 1. The van der Waals surface area contributed by atoms with Crippen molar-refractivity contribution in [1.82, 2.24) is 4.72 Å². The van der Waals surface area contributed by atoms with Gasteiger partial charge in [-0.05, 0) is 30.4 Å². The maximum absolute atomic E-state index is 12.1. The Labute approximate surface area is 113 Å². The molecule has 2 rings (SSSR count). The van der Waals surface area contributed by atoms with Crippen LogP contribution in [0.2, 0.25) is 0 Å². The van der Waals surface area contributed by atoms with E-state index in [-0.39, 0.29) is 9.88 Å². The monoisotopic (exact) mass is 284 g/mol. The minimum Gasteiger partial charge on any atom is -0.389 e. The summed E-state index contributed by atoms with van der Waals surface area (Å²) in [5.41, 5.74) is 6.06. The van der Waals surface area contributed by atoms with Crippen LogP contribution < -0.4 is 10.5 Å². The summed E-state index contributed by atoms with van der Waals surface area (Å²) in [4.78, 5) is 0.406. The Morgan fingerprint density at radius 3 is 2.78 bits per heavy atom. The second-order valence-electron chi connectivity index (χ2n) is 4.72. The summed E-state index contributed by atoms with van der Waals surface area (Å²) in [6.07, 6.45) is 1.09. The SMILES string of the molecule is CC1CC1CNS(=O)(=O)c1cccc(C(N)=S)c1. The lowest BCUT2D eigenvalue weighted by Crippen LogP contribution is -2.26. The molecule has 1 saturated carbocycles. The lowest BCUT2D eigenvalue weighted by Gasteiger charge is -2.07. The summed E-state index contributed by atoms with van der Waals surface area (Å²) in [7, 11) is -3.46. The molecule has 1 aromatic rings. The van der Waals surface area contributed by atoms with E-state index in [4.69, 9.17) is 18.0 Å². The smallest absolute Gasteiger partial charge is 0.240 e. The van der Waals surface area contributed by atoms with Crippen molar-refractivity contribution in [3.63, 3.8) is 0 Å². The van der Waals surface area contributed by atoms with E-state index < -0.39 is 10.0 Å². The second kappa shape index (κ2) is 4.95. The maximum atomic E-state index is 12.1. The zero-order valence-electron chi connectivity index (χ0n) is 10.1. The molecule has 1 aromatic carbocycles. The van der Waals surface area contributed by atoms with Gasteiger partial charge in [0.25, 0.3) is 0 Å². The quantitative estimate of drug-likeness (QED) is 0.798. The Bertz CT molecular complexity index is 569. The summed E-state index contributed by atoms with van der Waals surface area (Å²) in [6.45, 7) is 2.62. The van der Waals surface area contributed by atoms with Crippen LogP contribution in [0, 0.1) is 11.8 Å². The summed E-state index contributed by atoms with van der Waals surface area (Å²) >= 11 is 4.84. The number of nitrogens with two attached hydrogens (primary N) is 1. The molecule has 1 fully saturated rings. The molecule has 0 amide bonds. The predicted molar refractivity (Wildman–Crippen MR) is 74.8 cm³/mol. The van der Waals surface area contributed by atoms with Crippen LogP contribution in [0.25, 0.3) is 0 Å². The Balaban J connectivity index is 2.13. The van der Waals surface area contributed by atoms with Crippen molar-refractivity contribution in [3.05, 3.63) is 29.8 Å². The molecule has 1 aliphatic rings. The van der Waals surface area contributed by atoms with Gasteiger partial charge in [-0.25, -0.2) is 13.1 Å². The van der Waals surface area contributed by atoms with Gasteiger partial charge in [0.15, 0.2) is 0 Å². The van der Waals surface area contributed by atoms with Gasteiger partial charge in [-0.1, -0.05) is 31.3 Å². The van der Waals surface area contributed by atoms with Crippen LogP contribution in [-0.4, -0.2) is 20.0 Å². The summed E-state index contributed by atoms with van der Waals surface area (Å²) in [5, 5.41) is 0. The molecule has 6 heteroatoms. The first-order valence-corrected chi connectivity index (χ1v) is 7.69. The zero-order chi connectivity index (χ0) is 13.3. The van der Waals surface area contributed by atoms with E-state index in [9.17, 15) is 8.42 Å². The molecular weight excluding hydrogens is 268 g/mol. The van der Waals surface area contributed by atoms with Crippen molar-refractivity contribution < 1.29 is 8.42 Å². The van der Waals surface area contributed by atoms with Crippen molar-refractivity contribution in [2.24, 2.45) is 17.6 Å². The lowest BCUT2D eigenvalue weighted by molar-refractivity contribution is 0.574. The highest BCUT2D eigenvalue weighted by atomic mass is 32.2. The van der Waals surface area contributed by atoms with Gasteiger partial charge in [-0.3, -0.25) is 0 Å². The fraction of sp³-hybridized carbons (Fsp3) is 0.417. The molecular formula is C12H16N2O2S2. The van der Waals surface area contributed by atoms with E-state index in [2.05, 4.69) is 11.6 Å². The highest BCUT2D eigenvalue weighted by molar-refractivity contribution is 7.89. The largest absolute Gasteiger partial charge is 0.389 e. The van der Waals surface area contributed by atoms with Crippen LogP contribution in [0.15, 0.2) is 29.2 Å². The van der Waals surface area contributed by atoms with Gasteiger partial charge < -0.3 is 5.73 Å². The van der Waals surface area contributed by atoms with Crippen LogP contribution in [0.4, 0.5) is 0 Å². The molecule has 4 nitrogen and oxygen atoms in total. The minimum absolute atomic E-state index is 0.197. The standard InChI is InChI=1S/C12H16N2O2S2/c1-8-5-10(8)7-14-18(15,16)11-4-2-3-9(6-11)12(13)17/h2-4,6,8,10,14H,5,7H2,1H3,(H2,13,17). The summed E-state index contributed by atoms with van der Waals surface area (Å²) < 4.78 is 26.7. The normalized spacial score (nSPS) is 22.7. The first-order valence-electron chi connectivity index (χ1n) is 5.79. The number of hydrogen-bond donors (Lipinski definition) is 2. The Morgan fingerprint density at radius 1 is 1.56 bits per heavy atom. The van der Waals surface area contributed by atoms with Gasteiger partial charge in [0.05, 0.1) is 4.90 Å². The van der Waals surface area contributed by atoms with Gasteiger partial charge in [-0.15, -0.1) is 0 Å². The van der Waals surface area contributed by atoms with Gasteiger partial charge in [0.1, 0.15) is 4.99 Å². The fourth-order valence-corrected chi connectivity index (χ4v) is 3.07. The number of hydrogen-bond acceptors (Lipinski definition) is 3. The third-order valence-electron chi connectivity index (χ3n) is 3.24. The molecule has 2 atom stereocenters. The molecule has 0 saturated heterocycles. The highest BCUT2D eigenvalue weighted by Crippen LogP contribution is 2.37. The number of nitrogens with one attached hydrogen (secondary N) is 1. The third kappa shape index (κ3) is 3.07. The minimum atomic E-state index is -3.46. The molecule has 2 unspecified atom stereocenters. The van der Waals surface area contributed by atoms with E-state index in [1.807, 2.05) is 0 Å². The van der Waals surface area contributed by atoms with Crippen molar-refractivity contribution >= 4 is 27.2 Å². The molecule has 0 heterocycles. The van der Waals surface area contributed by atoms with Crippen LogP contribution >= 0.6 is 12.2 Å². The van der Waals surface area contributed by atoms with Gasteiger partial charge in [0.2, 0.25) is 10.0 Å². The molecule has 0 bridgehead atoms. The van der Waals surface area contributed by atoms with Crippen molar-refractivity contribution in [2.75, 3.05) is 6.54 Å². The number of benzene rings is 1. The van der Waals surface area contributed by atoms with Crippen LogP contribution in [0.1, 0.15) is 18.9 Å². The van der Waals surface area contributed by atoms with Gasteiger partial charge >= 0.3 is 0 Å². The summed E-state index contributed by atoms with van der Waals surface area (Å²) in [6, 6.07) is 6.38. The summed E-state index contributed by atoms with van der Waals surface area (Å²) in [5.74, 6) is 1.09. The second-order valence-corrected chi connectivity index (χ2v) is 6.92. The van der Waals surface area contributed by atoms with Crippen molar-refractivity contribution in [1.29, 1.82) is 0 Å². The molecule has 1 aliphatic carbocycles. The van der Waals surface area contributed by atoms with Crippen LogP contribution in [0.3, 0.4) is 0 Å². The molecule has 18 heavy (non-hydrogen) atoms. The van der Waals surface area contributed by atoms with E-state index in [1.54, 1.807) is 18.2 Å². The Kier molecular flexibility index (Phi) is 3.70. The predicted octanol–water partition coefficient (Wildman–Crippen LogP) is 1.26. The van der Waals surface area contributed by atoms with E-state index in [1.165, 1.54) is 6.07 Å². The molecule has 0 radical (unpaired) electrons. The van der Waals surface area contributed by atoms with E-state index >= 15 is 0 Å². The average Bonchev–Trinajstić information content (AvgIpc) is 3.03. The molecule has 0 aliphatic heterocycles. The molecule has 0 spiro atoms. The van der Waals surface area contributed by atoms with E-state index in [0.29, 0.717) is 23.9 Å². The molecule has 3 N–H and O–H groups in total. The van der Waals surface area contributed by atoms with Crippen molar-refractivity contribution in [2.45, 2.75) is 18.2 Å². The number of rotatable bonds is 5. The maximum Gasteiger partial charge on any atom is 0.240 e. The average molecular weight is 284 g/mol. The van der Waals surface area contributed by atoms with Gasteiger partial charge in [0, 0.05) is 12.1 Å². The fourth-order valence-electron chi connectivity index (χ4n) is 1.80. The first-order chi connectivity index (χ1) is 8.40. The zero-order valence-corrected chi connectivity index (χ0v) is 11.7. The Morgan fingerprint density at radius 2 is 2.22 bits per heavy atom. The van der Waals surface area contributed by atoms with Crippen LogP contribution in [-0.2, 0) is 10.0 Å². The third-order valence-corrected chi connectivity index (χ3v) is 4.90. The molecule has 98 valence electrons. The van der Waals surface area contributed by atoms with Crippen LogP contribution in [0.5, 0.6) is 0 Å². The Hall–Kier alpha value is -0.980. The topological polar surface area (TPSA) is 72.2 Å².